The monoisotopic (exact) mass is 362 g/mol. The van der Waals surface area contributed by atoms with Gasteiger partial charge in [0, 0.05) is 23.7 Å². The predicted octanol–water partition coefficient (Wildman–Crippen LogP) is 4.69. The van der Waals surface area contributed by atoms with Crippen LogP contribution in [0.3, 0.4) is 0 Å². The molecular formula is C22H26N4O. The normalized spacial score (nSPS) is 14.3. The molecule has 1 aromatic carbocycles. The third-order valence-electron chi connectivity index (χ3n) is 5.09. The van der Waals surface area contributed by atoms with Crippen molar-refractivity contribution in [2.75, 3.05) is 0 Å². The lowest BCUT2D eigenvalue weighted by molar-refractivity contribution is 0.0692. The van der Waals surface area contributed by atoms with Crippen LogP contribution in [-0.2, 0) is 0 Å². The second kappa shape index (κ2) is 6.80. The summed E-state index contributed by atoms with van der Waals surface area (Å²) in [5, 5.41) is 5.35. The minimum atomic E-state index is 0.0837. The molecule has 1 fully saturated rings. The van der Waals surface area contributed by atoms with Crippen molar-refractivity contribution in [3.05, 3.63) is 48.2 Å². The van der Waals surface area contributed by atoms with Crippen molar-refractivity contribution in [1.29, 1.82) is 0 Å². The standard InChI is InChI=1S/C22H26N4O/c1-14(2)25(17-10-11-17)22(27)18-12-20(16-8-6-5-7-9-16)24-21-19(18)13-23-26(21)15(3)4/h5-9,12-15,17H,10-11H2,1-4H3. The van der Waals surface area contributed by atoms with Crippen LogP contribution in [0.2, 0.25) is 0 Å². The van der Waals surface area contributed by atoms with Gasteiger partial charge in [0.05, 0.1) is 22.8 Å². The van der Waals surface area contributed by atoms with Crippen LogP contribution >= 0.6 is 0 Å². The zero-order chi connectivity index (χ0) is 19.1. The first-order valence-electron chi connectivity index (χ1n) is 9.73. The van der Waals surface area contributed by atoms with Crippen LogP contribution in [0.15, 0.2) is 42.6 Å². The van der Waals surface area contributed by atoms with E-state index in [-0.39, 0.29) is 18.0 Å². The van der Waals surface area contributed by atoms with Gasteiger partial charge in [-0.05, 0) is 46.6 Å². The first-order chi connectivity index (χ1) is 13.0. The molecule has 1 aliphatic rings. The first kappa shape index (κ1) is 17.7. The molecule has 2 heterocycles. The van der Waals surface area contributed by atoms with Crippen LogP contribution in [0, 0.1) is 0 Å². The van der Waals surface area contributed by atoms with Crippen molar-refractivity contribution in [1.82, 2.24) is 19.7 Å². The van der Waals surface area contributed by atoms with Gasteiger partial charge in [-0.1, -0.05) is 30.3 Å². The van der Waals surface area contributed by atoms with E-state index in [0.717, 1.165) is 35.1 Å². The maximum absolute atomic E-state index is 13.5. The lowest BCUT2D eigenvalue weighted by Crippen LogP contribution is -2.38. The molecule has 0 unspecified atom stereocenters. The number of aromatic nitrogens is 3. The van der Waals surface area contributed by atoms with Crippen molar-refractivity contribution in [2.24, 2.45) is 0 Å². The highest BCUT2D eigenvalue weighted by molar-refractivity contribution is 6.06. The summed E-state index contributed by atoms with van der Waals surface area (Å²) >= 11 is 0. The summed E-state index contributed by atoms with van der Waals surface area (Å²) in [6.45, 7) is 8.33. The number of pyridine rings is 1. The highest BCUT2D eigenvalue weighted by atomic mass is 16.2. The molecule has 140 valence electrons. The number of fused-ring (bicyclic) bond motifs is 1. The quantitative estimate of drug-likeness (QED) is 0.661. The molecule has 5 nitrogen and oxygen atoms in total. The molecule has 0 radical (unpaired) electrons. The number of hydrogen-bond donors (Lipinski definition) is 0. The Morgan fingerprint density at radius 1 is 1.15 bits per heavy atom. The Hall–Kier alpha value is -2.69. The van der Waals surface area contributed by atoms with E-state index in [1.165, 1.54) is 0 Å². The number of hydrogen-bond acceptors (Lipinski definition) is 3. The van der Waals surface area contributed by atoms with E-state index in [4.69, 9.17) is 4.98 Å². The Balaban J connectivity index is 1.91. The second-order valence-electron chi connectivity index (χ2n) is 7.88. The molecule has 1 aliphatic carbocycles. The largest absolute Gasteiger partial charge is 0.333 e. The number of carbonyl (C=O) groups is 1. The summed E-state index contributed by atoms with van der Waals surface area (Å²) < 4.78 is 1.90. The molecule has 1 saturated carbocycles. The molecule has 0 atom stereocenters. The molecule has 0 bridgehead atoms. The van der Waals surface area contributed by atoms with Crippen molar-refractivity contribution in [2.45, 2.75) is 58.7 Å². The van der Waals surface area contributed by atoms with E-state index in [1.54, 1.807) is 6.20 Å². The fourth-order valence-corrected chi connectivity index (χ4v) is 3.64. The minimum Gasteiger partial charge on any atom is -0.333 e. The SMILES string of the molecule is CC(C)N(C(=O)c1cc(-c2ccccc2)nc2c1cnn2C(C)C)C1CC1. The van der Waals surface area contributed by atoms with E-state index in [1.807, 2.05) is 46.0 Å². The van der Waals surface area contributed by atoms with Gasteiger partial charge in [0.1, 0.15) is 0 Å². The lowest BCUT2D eigenvalue weighted by Gasteiger charge is -2.27. The van der Waals surface area contributed by atoms with Crippen LogP contribution < -0.4 is 0 Å². The Bertz CT molecular complexity index is 969. The maximum Gasteiger partial charge on any atom is 0.255 e. The number of rotatable bonds is 5. The van der Waals surface area contributed by atoms with Crippen LogP contribution in [-0.4, -0.2) is 37.7 Å². The summed E-state index contributed by atoms with van der Waals surface area (Å²) in [6.07, 6.45) is 3.97. The van der Waals surface area contributed by atoms with Gasteiger partial charge in [-0.15, -0.1) is 0 Å². The maximum atomic E-state index is 13.5. The fraction of sp³-hybridized carbons (Fsp3) is 0.409. The summed E-state index contributed by atoms with van der Waals surface area (Å²) in [4.78, 5) is 20.4. The smallest absolute Gasteiger partial charge is 0.255 e. The Kier molecular flexibility index (Phi) is 4.46. The predicted molar refractivity (Wildman–Crippen MR) is 108 cm³/mol. The molecule has 0 N–H and O–H groups in total. The summed E-state index contributed by atoms with van der Waals surface area (Å²) in [5.74, 6) is 0.0837. The molecule has 0 aliphatic heterocycles. The fourth-order valence-electron chi connectivity index (χ4n) is 3.64. The van der Waals surface area contributed by atoms with Gasteiger partial charge in [-0.3, -0.25) is 4.79 Å². The van der Waals surface area contributed by atoms with E-state index in [2.05, 4.69) is 32.8 Å². The van der Waals surface area contributed by atoms with E-state index in [0.29, 0.717) is 11.6 Å². The first-order valence-corrected chi connectivity index (χ1v) is 9.73. The Labute approximate surface area is 160 Å². The van der Waals surface area contributed by atoms with E-state index >= 15 is 0 Å². The summed E-state index contributed by atoms with van der Waals surface area (Å²) in [5.41, 5.74) is 3.29. The van der Waals surface area contributed by atoms with Crippen LogP contribution in [0.1, 0.15) is 56.9 Å². The van der Waals surface area contributed by atoms with Crippen molar-refractivity contribution >= 4 is 16.9 Å². The second-order valence-corrected chi connectivity index (χ2v) is 7.88. The van der Waals surface area contributed by atoms with Gasteiger partial charge >= 0.3 is 0 Å². The highest BCUT2D eigenvalue weighted by Crippen LogP contribution is 2.33. The average molecular weight is 362 g/mol. The van der Waals surface area contributed by atoms with Gasteiger partial charge < -0.3 is 4.90 Å². The molecule has 0 spiro atoms. The number of amides is 1. The topological polar surface area (TPSA) is 51.0 Å². The molecule has 3 aromatic rings. The van der Waals surface area contributed by atoms with Gasteiger partial charge in [-0.2, -0.15) is 5.10 Å². The van der Waals surface area contributed by atoms with Gasteiger partial charge in [0.25, 0.3) is 5.91 Å². The minimum absolute atomic E-state index is 0.0837. The highest BCUT2D eigenvalue weighted by Gasteiger charge is 2.35. The molecule has 4 rings (SSSR count). The third kappa shape index (κ3) is 3.22. The molecule has 27 heavy (non-hydrogen) atoms. The molecule has 5 heteroatoms. The van der Waals surface area contributed by atoms with Gasteiger partial charge in [0.15, 0.2) is 5.65 Å². The Morgan fingerprint density at radius 2 is 1.85 bits per heavy atom. The van der Waals surface area contributed by atoms with Crippen LogP contribution in [0.5, 0.6) is 0 Å². The number of nitrogens with zero attached hydrogens (tertiary/aromatic N) is 4. The van der Waals surface area contributed by atoms with E-state index < -0.39 is 0 Å². The summed E-state index contributed by atoms with van der Waals surface area (Å²) in [6, 6.07) is 12.7. The lowest BCUT2D eigenvalue weighted by atomic mass is 10.1. The van der Waals surface area contributed by atoms with Crippen molar-refractivity contribution in [3.63, 3.8) is 0 Å². The Morgan fingerprint density at radius 3 is 2.44 bits per heavy atom. The number of benzene rings is 1. The zero-order valence-corrected chi connectivity index (χ0v) is 16.4. The molecule has 0 saturated heterocycles. The number of carbonyl (C=O) groups excluding carboxylic acids is 1. The van der Waals surface area contributed by atoms with Crippen molar-refractivity contribution in [3.8, 4) is 11.3 Å². The van der Waals surface area contributed by atoms with Crippen molar-refractivity contribution < 1.29 is 4.79 Å². The van der Waals surface area contributed by atoms with E-state index in [9.17, 15) is 4.79 Å². The third-order valence-corrected chi connectivity index (χ3v) is 5.09. The zero-order valence-electron chi connectivity index (χ0n) is 16.4. The molecule has 2 aromatic heterocycles. The average Bonchev–Trinajstić information content (AvgIpc) is 3.38. The summed E-state index contributed by atoms with van der Waals surface area (Å²) in [7, 11) is 0. The van der Waals surface area contributed by atoms with Gasteiger partial charge in [0.2, 0.25) is 0 Å². The van der Waals surface area contributed by atoms with Crippen LogP contribution in [0.25, 0.3) is 22.3 Å². The molecule has 1 amide bonds. The van der Waals surface area contributed by atoms with Gasteiger partial charge in [-0.25, -0.2) is 9.67 Å². The molecular weight excluding hydrogens is 336 g/mol. The van der Waals surface area contributed by atoms with Crippen LogP contribution in [0.4, 0.5) is 0 Å².